The van der Waals surface area contributed by atoms with E-state index in [2.05, 4.69) is 13.8 Å². The summed E-state index contributed by atoms with van der Waals surface area (Å²) in [5.74, 6) is 2.10. The predicted molar refractivity (Wildman–Crippen MR) is 72.1 cm³/mol. The zero-order chi connectivity index (χ0) is 13.5. The number of para-hydroxylation sites is 2. The summed E-state index contributed by atoms with van der Waals surface area (Å²) >= 11 is 0. The van der Waals surface area contributed by atoms with E-state index in [9.17, 15) is 4.79 Å². The molecule has 0 heterocycles. The maximum Gasteiger partial charge on any atom is 0.161 e. The smallest absolute Gasteiger partial charge is 0.161 e. The molecule has 0 spiro atoms. The first-order valence-electron chi connectivity index (χ1n) is 6.32. The third kappa shape index (κ3) is 4.06. The fraction of sp³-hybridized carbons (Fsp3) is 0.533. The van der Waals surface area contributed by atoms with Crippen LogP contribution in [-0.4, -0.2) is 19.5 Å². The molecule has 0 aromatic heterocycles. The predicted octanol–water partition coefficient (Wildman–Crippen LogP) is 3.33. The van der Waals surface area contributed by atoms with Gasteiger partial charge in [0.2, 0.25) is 0 Å². The summed E-state index contributed by atoms with van der Waals surface area (Å²) in [4.78, 5) is 11.5. The zero-order valence-electron chi connectivity index (χ0n) is 11.6. The Balaban J connectivity index is 2.52. The lowest BCUT2D eigenvalue weighted by Gasteiger charge is -2.18. The van der Waals surface area contributed by atoms with Crippen LogP contribution in [0.4, 0.5) is 0 Å². The Morgan fingerprint density at radius 2 is 1.83 bits per heavy atom. The second-order valence-corrected chi connectivity index (χ2v) is 4.75. The minimum atomic E-state index is 0.0692. The minimum absolute atomic E-state index is 0.0692. The largest absolute Gasteiger partial charge is 0.493 e. The lowest BCUT2D eigenvalue weighted by Crippen LogP contribution is -2.20. The van der Waals surface area contributed by atoms with Crippen LogP contribution in [0.3, 0.4) is 0 Å². The average molecular weight is 250 g/mol. The van der Waals surface area contributed by atoms with E-state index >= 15 is 0 Å². The van der Waals surface area contributed by atoms with E-state index in [1.165, 1.54) is 0 Å². The highest BCUT2D eigenvalue weighted by Gasteiger charge is 2.18. The Kier molecular flexibility index (Phi) is 5.69. The lowest BCUT2D eigenvalue weighted by molar-refractivity contribution is -0.122. The van der Waals surface area contributed by atoms with Gasteiger partial charge in [0.15, 0.2) is 11.5 Å². The molecule has 1 rings (SSSR count). The van der Waals surface area contributed by atoms with Crippen LogP contribution in [0.2, 0.25) is 0 Å². The van der Waals surface area contributed by atoms with Crippen LogP contribution in [0.25, 0.3) is 0 Å². The summed E-state index contributed by atoms with van der Waals surface area (Å²) in [5, 5.41) is 0. The van der Waals surface area contributed by atoms with Crippen molar-refractivity contribution in [3.63, 3.8) is 0 Å². The zero-order valence-corrected chi connectivity index (χ0v) is 11.6. The number of ether oxygens (including phenoxy) is 2. The first-order chi connectivity index (χ1) is 8.56. The molecule has 3 heteroatoms. The SMILES string of the molecule is COc1ccccc1OCCC(C(C)=O)C(C)C. The van der Waals surface area contributed by atoms with E-state index in [-0.39, 0.29) is 11.7 Å². The molecule has 0 saturated heterocycles. The summed E-state index contributed by atoms with van der Waals surface area (Å²) in [5.41, 5.74) is 0. The monoisotopic (exact) mass is 250 g/mol. The highest BCUT2D eigenvalue weighted by Crippen LogP contribution is 2.26. The molecule has 0 N–H and O–H groups in total. The summed E-state index contributed by atoms with van der Waals surface area (Å²) < 4.78 is 10.9. The molecule has 0 aliphatic rings. The van der Waals surface area contributed by atoms with Gasteiger partial charge in [-0.2, -0.15) is 0 Å². The van der Waals surface area contributed by atoms with Crippen LogP contribution in [0, 0.1) is 11.8 Å². The summed E-state index contributed by atoms with van der Waals surface area (Å²) in [6.45, 7) is 6.31. The fourth-order valence-electron chi connectivity index (χ4n) is 2.04. The molecule has 0 amide bonds. The van der Waals surface area contributed by atoms with Crippen LogP contribution in [0.1, 0.15) is 27.2 Å². The van der Waals surface area contributed by atoms with Crippen molar-refractivity contribution < 1.29 is 14.3 Å². The van der Waals surface area contributed by atoms with Crippen molar-refractivity contribution in [1.82, 2.24) is 0 Å². The molecule has 0 aliphatic carbocycles. The van der Waals surface area contributed by atoms with Gasteiger partial charge in [-0.25, -0.2) is 0 Å². The second-order valence-electron chi connectivity index (χ2n) is 4.75. The Morgan fingerprint density at radius 3 is 2.33 bits per heavy atom. The molecule has 1 aromatic carbocycles. The van der Waals surface area contributed by atoms with Gasteiger partial charge in [0.1, 0.15) is 5.78 Å². The van der Waals surface area contributed by atoms with E-state index in [0.717, 1.165) is 17.9 Å². The van der Waals surface area contributed by atoms with Crippen LogP contribution >= 0.6 is 0 Å². The van der Waals surface area contributed by atoms with Crippen molar-refractivity contribution in [2.24, 2.45) is 11.8 Å². The van der Waals surface area contributed by atoms with Gasteiger partial charge >= 0.3 is 0 Å². The number of carbonyl (C=O) groups excluding carboxylic acids is 1. The first-order valence-corrected chi connectivity index (χ1v) is 6.32. The minimum Gasteiger partial charge on any atom is -0.493 e. The molecule has 0 saturated carbocycles. The molecular formula is C15H22O3. The van der Waals surface area contributed by atoms with E-state index in [1.807, 2.05) is 24.3 Å². The van der Waals surface area contributed by atoms with Crippen LogP contribution in [0.5, 0.6) is 11.5 Å². The van der Waals surface area contributed by atoms with Gasteiger partial charge in [0.05, 0.1) is 13.7 Å². The molecule has 18 heavy (non-hydrogen) atoms. The highest BCUT2D eigenvalue weighted by molar-refractivity contribution is 5.78. The second kappa shape index (κ2) is 7.04. The van der Waals surface area contributed by atoms with Crippen molar-refractivity contribution >= 4 is 5.78 Å². The Bertz CT molecular complexity index is 385. The van der Waals surface area contributed by atoms with E-state index in [0.29, 0.717) is 12.5 Å². The number of benzene rings is 1. The summed E-state index contributed by atoms with van der Waals surface area (Å²) in [6, 6.07) is 7.54. The molecule has 3 nitrogen and oxygen atoms in total. The molecule has 1 aromatic rings. The van der Waals surface area contributed by atoms with Crippen LogP contribution in [0.15, 0.2) is 24.3 Å². The van der Waals surface area contributed by atoms with Crippen molar-refractivity contribution in [3.05, 3.63) is 24.3 Å². The third-order valence-corrected chi connectivity index (χ3v) is 3.08. The molecule has 0 bridgehead atoms. The number of hydrogen-bond acceptors (Lipinski definition) is 3. The molecule has 0 aliphatic heterocycles. The van der Waals surface area contributed by atoms with E-state index in [1.54, 1.807) is 14.0 Å². The number of rotatable bonds is 7. The van der Waals surface area contributed by atoms with Crippen molar-refractivity contribution in [2.75, 3.05) is 13.7 Å². The Morgan fingerprint density at radius 1 is 1.22 bits per heavy atom. The van der Waals surface area contributed by atoms with Crippen LogP contribution < -0.4 is 9.47 Å². The van der Waals surface area contributed by atoms with E-state index < -0.39 is 0 Å². The highest BCUT2D eigenvalue weighted by atomic mass is 16.5. The van der Waals surface area contributed by atoms with Gasteiger partial charge in [-0.15, -0.1) is 0 Å². The molecule has 0 radical (unpaired) electrons. The Hall–Kier alpha value is -1.51. The standard InChI is InChI=1S/C15H22O3/c1-11(2)13(12(3)16)9-10-18-15-8-6-5-7-14(15)17-4/h5-8,11,13H,9-10H2,1-4H3. The lowest BCUT2D eigenvalue weighted by atomic mass is 9.89. The Labute approximate surface area is 109 Å². The summed E-state index contributed by atoms with van der Waals surface area (Å²) in [7, 11) is 1.62. The maximum absolute atomic E-state index is 11.5. The van der Waals surface area contributed by atoms with Gasteiger partial charge in [-0.3, -0.25) is 4.79 Å². The average Bonchev–Trinajstić information content (AvgIpc) is 2.34. The van der Waals surface area contributed by atoms with Gasteiger partial charge in [0.25, 0.3) is 0 Å². The van der Waals surface area contributed by atoms with E-state index in [4.69, 9.17) is 9.47 Å². The van der Waals surface area contributed by atoms with Crippen molar-refractivity contribution in [1.29, 1.82) is 0 Å². The van der Waals surface area contributed by atoms with Gasteiger partial charge < -0.3 is 9.47 Å². The van der Waals surface area contributed by atoms with Crippen molar-refractivity contribution in [2.45, 2.75) is 27.2 Å². The number of Topliss-reactive ketones (excluding diaryl/α,β-unsaturated/α-hetero) is 1. The fourth-order valence-corrected chi connectivity index (χ4v) is 2.04. The molecule has 0 fully saturated rings. The van der Waals surface area contributed by atoms with Gasteiger partial charge in [0, 0.05) is 5.92 Å². The van der Waals surface area contributed by atoms with Gasteiger partial charge in [-0.1, -0.05) is 26.0 Å². The summed E-state index contributed by atoms with van der Waals surface area (Å²) in [6.07, 6.45) is 0.741. The number of ketones is 1. The first kappa shape index (κ1) is 14.6. The third-order valence-electron chi connectivity index (χ3n) is 3.08. The molecule has 1 unspecified atom stereocenters. The molecule has 1 atom stereocenters. The maximum atomic E-state index is 11.5. The quantitative estimate of drug-likeness (QED) is 0.744. The van der Waals surface area contributed by atoms with Gasteiger partial charge in [-0.05, 0) is 31.4 Å². The number of methoxy groups -OCH3 is 1. The molecular weight excluding hydrogens is 228 g/mol. The number of hydrogen-bond donors (Lipinski definition) is 0. The topological polar surface area (TPSA) is 35.5 Å². The molecule has 100 valence electrons. The van der Waals surface area contributed by atoms with Crippen LogP contribution in [-0.2, 0) is 4.79 Å². The number of carbonyl (C=O) groups is 1. The normalized spacial score (nSPS) is 12.3. The van der Waals surface area contributed by atoms with Crippen molar-refractivity contribution in [3.8, 4) is 11.5 Å².